The van der Waals surface area contributed by atoms with Crippen LogP contribution >= 0.6 is 27.3 Å². The van der Waals surface area contributed by atoms with Crippen LogP contribution in [0.15, 0.2) is 40.2 Å². The van der Waals surface area contributed by atoms with Gasteiger partial charge in [0.05, 0.1) is 22.4 Å². The maximum atomic E-state index is 5.74. The summed E-state index contributed by atoms with van der Waals surface area (Å²) in [6.45, 7) is 1.51. The van der Waals surface area contributed by atoms with Crippen LogP contribution in [0, 0.1) is 0 Å². The van der Waals surface area contributed by atoms with Gasteiger partial charge in [0, 0.05) is 10.6 Å². The third-order valence-corrected chi connectivity index (χ3v) is 5.03. The number of rotatable bonds is 2. The fourth-order valence-electron chi connectivity index (χ4n) is 2.13. The Balaban J connectivity index is 2.05. The number of nitrogens with two attached hydrogens (primary N) is 1. The number of hydrogen-bond acceptors (Lipinski definition) is 3. The summed E-state index contributed by atoms with van der Waals surface area (Å²) in [6.07, 6.45) is 0. The van der Waals surface area contributed by atoms with Gasteiger partial charge >= 0.3 is 0 Å². The summed E-state index contributed by atoms with van der Waals surface area (Å²) in [5.41, 5.74) is 7.86. The Kier molecular flexibility index (Phi) is 2.73. The number of halogens is 1. The fraction of sp³-hybridized carbons (Fsp3) is 0.231. The van der Waals surface area contributed by atoms with Crippen LogP contribution in [0.5, 0.6) is 0 Å². The van der Waals surface area contributed by atoms with Crippen LogP contribution in [-0.4, -0.2) is 13.2 Å². The monoisotopic (exact) mass is 309 g/mol. The van der Waals surface area contributed by atoms with Crippen LogP contribution in [0.1, 0.15) is 10.4 Å². The Morgan fingerprint density at radius 1 is 1.12 bits per heavy atom. The molecule has 2 aromatic rings. The zero-order chi connectivity index (χ0) is 11.9. The van der Waals surface area contributed by atoms with Crippen molar-refractivity contribution in [2.45, 2.75) is 5.41 Å². The highest BCUT2D eigenvalue weighted by molar-refractivity contribution is 9.11. The number of thiophene rings is 1. The maximum Gasteiger partial charge on any atom is 0.0763 e. The second-order valence-corrected chi connectivity index (χ2v) is 6.76. The van der Waals surface area contributed by atoms with E-state index in [1.165, 1.54) is 10.4 Å². The summed E-state index contributed by atoms with van der Waals surface area (Å²) in [6, 6.07) is 12.4. The van der Waals surface area contributed by atoms with E-state index in [4.69, 9.17) is 10.5 Å². The van der Waals surface area contributed by atoms with E-state index < -0.39 is 0 Å². The number of ether oxygens (including phenoxy) is 1. The highest BCUT2D eigenvalue weighted by atomic mass is 79.9. The number of anilines is 1. The predicted molar refractivity (Wildman–Crippen MR) is 74.5 cm³/mol. The molecule has 2 heterocycles. The van der Waals surface area contributed by atoms with E-state index in [1.807, 2.05) is 12.1 Å². The van der Waals surface area contributed by atoms with Crippen molar-refractivity contribution >= 4 is 33.0 Å². The summed E-state index contributed by atoms with van der Waals surface area (Å²) < 4.78 is 6.61. The number of hydrogen-bond donors (Lipinski definition) is 1. The molecule has 0 spiro atoms. The predicted octanol–water partition coefficient (Wildman–Crippen LogP) is 3.41. The van der Waals surface area contributed by atoms with Crippen LogP contribution in [-0.2, 0) is 10.2 Å². The van der Waals surface area contributed by atoms with Crippen LogP contribution in [0.2, 0.25) is 0 Å². The molecule has 0 bridgehead atoms. The van der Waals surface area contributed by atoms with E-state index in [0.29, 0.717) is 0 Å². The molecule has 88 valence electrons. The van der Waals surface area contributed by atoms with Crippen LogP contribution in [0.4, 0.5) is 5.69 Å². The second kappa shape index (κ2) is 4.12. The molecule has 4 heteroatoms. The average Bonchev–Trinajstić information content (AvgIpc) is 2.67. The van der Waals surface area contributed by atoms with Crippen molar-refractivity contribution < 1.29 is 4.74 Å². The normalized spacial score (nSPS) is 17.7. The highest BCUT2D eigenvalue weighted by Crippen LogP contribution is 2.43. The molecule has 1 aromatic heterocycles. The summed E-state index contributed by atoms with van der Waals surface area (Å²) in [4.78, 5) is 1.35. The quantitative estimate of drug-likeness (QED) is 0.863. The molecular weight excluding hydrogens is 298 g/mol. The first-order valence-electron chi connectivity index (χ1n) is 5.40. The van der Waals surface area contributed by atoms with Gasteiger partial charge in [0.2, 0.25) is 0 Å². The Labute approximate surface area is 113 Å². The van der Waals surface area contributed by atoms with Gasteiger partial charge in [-0.15, -0.1) is 11.3 Å². The highest BCUT2D eigenvalue weighted by Gasteiger charge is 2.43. The van der Waals surface area contributed by atoms with Gasteiger partial charge in [-0.3, -0.25) is 0 Å². The first kappa shape index (κ1) is 11.3. The molecule has 0 aliphatic carbocycles. The van der Waals surface area contributed by atoms with Gasteiger partial charge in [-0.05, 0) is 45.8 Å². The van der Waals surface area contributed by atoms with Crippen molar-refractivity contribution in [2.24, 2.45) is 0 Å². The largest absolute Gasteiger partial charge is 0.399 e. The molecule has 0 radical (unpaired) electrons. The summed E-state index contributed by atoms with van der Waals surface area (Å²) in [7, 11) is 0. The number of nitrogen functional groups attached to an aromatic ring is 1. The second-order valence-electron chi connectivity index (χ2n) is 4.30. The van der Waals surface area contributed by atoms with Crippen molar-refractivity contribution in [2.75, 3.05) is 18.9 Å². The molecule has 17 heavy (non-hydrogen) atoms. The van der Waals surface area contributed by atoms with Crippen LogP contribution in [0.3, 0.4) is 0 Å². The SMILES string of the molecule is Nc1ccc(C2(c3ccc(Br)s3)COC2)cc1. The van der Waals surface area contributed by atoms with E-state index in [-0.39, 0.29) is 5.41 Å². The zero-order valence-corrected chi connectivity index (χ0v) is 11.6. The van der Waals surface area contributed by atoms with Gasteiger partial charge in [0.15, 0.2) is 0 Å². The minimum absolute atomic E-state index is 0.0321. The fourth-order valence-corrected chi connectivity index (χ4v) is 3.70. The molecule has 1 fully saturated rings. The maximum absolute atomic E-state index is 5.74. The third kappa shape index (κ3) is 1.80. The van der Waals surface area contributed by atoms with Gasteiger partial charge in [0.25, 0.3) is 0 Å². The van der Waals surface area contributed by atoms with Gasteiger partial charge in [-0.2, -0.15) is 0 Å². The van der Waals surface area contributed by atoms with E-state index in [1.54, 1.807) is 11.3 Å². The summed E-state index contributed by atoms with van der Waals surface area (Å²) >= 11 is 5.29. The molecule has 1 saturated heterocycles. The van der Waals surface area contributed by atoms with Crippen molar-refractivity contribution in [3.05, 3.63) is 50.6 Å². The molecule has 0 amide bonds. The lowest BCUT2D eigenvalue weighted by atomic mass is 9.77. The number of benzene rings is 1. The Bertz CT molecular complexity index is 531. The Hall–Kier alpha value is -0.840. The van der Waals surface area contributed by atoms with Crippen molar-refractivity contribution in [3.63, 3.8) is 0 Å². The third-order valence-electron chi connectivity index (χ3n) is 3.21. The van der Waals surface area contributed by atoms with Crippen molar-refractivity contribution in [1.29, 1.82) is 0 Å². The van der Waals surface area contributed by atoms with E-state index in [2.05, 4.69) is 40.2 Å². The molecular formula is C13H12BrNOS. The lowest BCUT2D eigenvalue weighted by Crippen LogP contribution is -2.47. The molecule has 1 aliphatic heterocycles. The standard InChI is InChI=1S/C13H12BrNOS/c14-12-6-5-11(17-12)13(7-16-8-13)9-1-3-10(15)4-2-9/h1-6H,7-8,15H2. The lowest BCUT2D eigenvalue weighted by Gasteiger charge is -2.41. The van der Waals surface area contributed by atoms with Gasteiger partial charge in [-0.25, -0.2) is 0 Å². The van der Waals surface area contributed by atoms with Crippen molar-refractivity contribution in [1.82, 2.24) is 0 Å². The minimum Gasteiger partial charge on any atom is -0.399 e. The van der Waals surface area contributed by atoms with E-state index >= 15 is 0 Å². The zero-order valence-electron chi connectivity index (χ0n) is 9.15. The molecule has 0 atom stereocenters. The first-order valence-corrected chi connectivity index (χ1v) is 7.01. The molecule has 1 aliphatic rings. The molecule has 2 nitrogen and oxygen atoms in total. The Morgan fingerprint density at radius 2 is 1.82 bits per heavy atom. The molecule has 0 saturated carbocycles. The van der Waals surface area contributed by atoms with Crippen molar-refractivity contribution in [3.8, 4) is 0 Å². The van der Waals surface area contributed by atoms with Gasteiger partial charge < -0.3 is 10.5 Å². The summed E-state index contributed by atoms with van der Waals surface area (Å²) in [5, 5.41) is 0. The van der Waals surface area contributed by atoms with E-state index in [0.717, 1.165) is 22.7 Å². The molecule has 3 rings (SSSR count). The lowest BCUT2D eigenvalue weighted by molar-refractivity contribution is -0.0362. The van der Waals surface area contributed by atoms with Gasteiger partial charge in [0.1, 0.15) is 0 Å². The van der Waals surface area contributed by atoms with Crippen LogP contribution in [0.25, 0.3) is 0 Å². The minimum atomic E-state index is 0.0321. The average molecular weight is 310 g/mol. The van der Waals surface area contributed by atoms with Crippen LogP contribution < -0.4 is 5.73 Å². The first-order chi connectivity index (χ1) is 8.21. The summed E-state index contributed by atoms with van der Waals surface area (Å²) in [5.74, 6) is 0. The smallest absolute Gasteiger partial charge is 0.0763 e. The topological polar surface area (TPSA) is 35.2 Å². The Morgan fingerprint density at radius 3 is 2.29 bits per heavy atom. The molecule has 1 aromatic carbocycles. The molecule has 2 N–H and O–H groups in total. The van der Waals surface area contributed by atoms with E-state index in [9.17, 15) is 0 Å². The molecule has 0 unspecified atom stereocenters. The van der Waals surface area contributed by atoms with Gasteiger partial charge in [-0.1, -0.05) is 12.1 Å².